The van der Waals surface area contributed by atoms with Crippen LogP contribution in [-0.2, 0) is 0 Å². The van der Waals surface area contributed by atoms with Crippen molar-refractivity contribution in [3.63, 3.8) is 0 Å². The Morgan fingerprint density at radius 3 is 2.41 bits per heavy atom. The Bertz CT molecular complexity index is 988. The van der Waals surface area contributed by atoms with Gasteiger partial charge in [0.2, 0.25) is 5.88 Å². The number of rotatable bonds is 5. The highest BCUT2D eigenvalue weighted by Crippen LogP contribution is 2.27. The summed E-state index contributed by atoms with van der Waals surface area (Å²) in [6.07, 6.45) is 3.19. The van der Waals surface area contributed by atoms with E-state index < -0.39 is 0 Å². The van der Waals surface area contributed by atoms with Crippen LogP contribution < -0.4 is 14.2 Å². The molecule has 0 saturated carbocycles. The van der Waals surface area contributed by atoms with Gasteiger partial charge in [-0.15, -0.1) is 5.10 Å². The fourth-order valence-corrected chi connectivity index (χ4v) is 3.54. The van der Waals surface area contributed by atoms with E-state index in [2.05, 4.69) is 10.2 Å². The highest BCUT2D eigenvalue weighted by molar-refractivity contribution is 5.95. The van der Waals surface area contributed by atoms with Crippen molar-refractivity contribution in [3.05, 3.63) is 54.2 Å². The van der Waals surface area contributed by atoms with Crippen LogP contribution in [-0.4, -0.2) is 54.4 Å². The predicted octanol–water partition coefficient (Wildman–Crippen LogP) is 3.33. The third-order valence-electron chi connectivity index (χ3n) is 5.14. The van der Waals surface area contributed by atoms with Gasteiger partial charge in [-0.1, -0.05) is 18.2 Å². The first-order valence-electron chi connectivity index (χ1n) is 9.57. The second kappa shape index (κ2) is 8.34. The summed E-state index contributed by atoms with van der Waals surface area (Å²) in [5.74, 6) is 1.71. The van der Waals surface area contributed by atoms with Crippen molar-refractivity contribution in [2.45, 2.75) is 18.9 Å². The highest BCUT2D eigenvalue weighted by Gasteiger charge is 2.26. The largest absolute Gasteiger partial charge is 0.497 e. The Balaban J connectivity index is 1.42. The smallest absolute Gasteiger partial charge is 0.254 e. The Kier molecular flexibility index (Phi) is 5.46. The lowest BCUT2D eigenvalue weighted by Gasteiger charge is -2.32. The second-order valence-corrected chi connectivity index (χ2v) is 6.95. The average Bonchev–Trinajstić information content (AvgIpc) is 2.79. The van der Waals surface area contributed by atoms with Crippen LogP contribution in [0.1, 0.15) is 23.2 Å². The molecule has 3 aromatic rings. The number of carbonyl (C=O) groups is 1. The van der Waals surface area contributed by atoms with Gasteiger partial charge in [0, 0.05) is 48.3 Å². The number of amides is 1. The van der Waals surface area contributed by atoms with Crippen molar-refractivity contribution in [1.29, 1.82) is 0 Å². The fourth-order valence-electron chi connectivity index (χ4n) is 3.54. The Hall–Kier alpha value is -3.35. The molecule has 0 bridgehead atoms. The van der Waals surface area contributed by atoms with Crippen LogP contribution in [0.2, 0.25) is 0 Å². The summed E-state index contributed by atoms with van der Waals surface area (Å²) < 4.78 is 16.7. The number of likely N-dealkylation sites (tertiary alicyclic amines) is 1. The van der Waals surface area contributed by atoms with E-state index in [0.717, 1.165) is 23.6 Å². The average molecular weight is 393 g/mol. The monoisotopic (exact) mass is 393 g/mol. The van der Waals surface area contributed by atoms with Gasteiger partial charge < -0.3 is 19.1 Å². The normalized spacial score (nSPS) is 14.6. The van der Waals surface area contributed by atoms with Crippen LogP contribution in [0.25, 0.3) is 10.8 Å². The van der Waals surface area contributed by atoms with Gasteiger partial charge in [0.15, 0.2) is 0 Å². The maximum Gasteiger partial charge on any atom is 0.254 e. The molecule has 4 rings (SSSR count). The minimum absolute atomic E-state index is 0.000924. The standard InChI is InChI=1S/C22H23N3O4/c1-27-18-11-16(12-19(13-18)28-2)22(26)25-9-7-17(8-10-25)29-21-20-6-4-3-5-15(20)14-23-24-21/h3-6,11-14,17H,7-10H2,1-2H3. The first-order chi connectivity index (χ1) is 14.2. The summed E-state index contributed by atoms with van der Waals surface area (Å²) in [6.45, 7) is 1.22. The van der Waals surface area contributed by atoms with Gasteiger partial charge in [0.05, 0.1) is 20.4 Å². The molecule has 0 radical (unpaired) electrons. The lowest BCUT2D eigenvalue weighted by molar-refractivity contribution is 0.0588. The molecule has 0 unspecified atom stereocenters. The third kappa shape index (κ3) is 4.08. The molecular weight excluding hydrogens is 370 g/mol. The van der Waals surface area contributed by atoms with Crippen molar-refractivity contribution in [2.75, 3.05) is 27.3 Å². The van der Waals surface area contributed by atoms with Crippen molar-refractivity contribution in [1.82, 2.24) is 15.1 Å². The van der Waals surface area contributed by atoms with Crippen LogP contribution in [0.5, 0.6) is 17.4 Å². The molecule has 7 nitrogen and oxygen atoms in total. The molecular formula is C22H23N3O4. The number of aromatic nitrogens is 2. The van der Waals surface area contributed by atoms with Crippen molar-refractivity contribution >= 4 is 16.7 Å². The summed E-state index contributed by atoms with van der Waals surface area (Å²) in [5, 5.41) is 10.1. The number of carbonyl (C=O) groups excluding carboxylic acids is 1. The number of piperidine rings is 1. The SMILES string of the molecule is COc1cc(OC)cc(C(=O)N2CCC(Oc3nncc4ccccc34)CC2)c1. The minimum Gasteiger partial charge on any atom is -0.497 e. The van der Waals surface area contributed by atoms with Gasteiger partial charge in [-0.3, -0.25) is 4.79 Å². The fraction of sp³-hybridized carbons (Fsp3) is 0.318. The van der Waals surface area contributed by atoms with Crippen LogP contribution in [0.15, 0.2) is 48.7 Å². The van der Waals surface area contributed by atoms with E-state index in [0.29, 0.717) is 36.0 Å². The molecule has 1 aromatic heterocycles. The van der Waals surface area contributed by atoms with Gasteiger partial charge >= 0.3 is 0 Å². The van der Waals surface area contributed by atoms with E-state index in [4.69, 9.17) is 14.2 Å². The molecule has 1 amide bonds. The highest BCUT2D eigenvalue weighted by atomic mass is 16.5. The van der Waals surface area contributed by atoms with Gasteiger partial charge in [-0.05, 0) is 18.2 Å². The van der Waals surface area contributed by atoms with Crippen molar-refractivity contribution in [3.8, 4) is 17.4 Å². The number of benzene rings is 2. The number of hydrogen-bond acceptors (Lipinski definition) is 6. The molecule has 150 valence electrons. The summed E-state index contributed by atoms with van der Waals surface area (Å²) in [4.78, 5) is 14.8. The van der Waals surface area contributed by atoms with Crippen molar-refractivity contribution in [2.24, 2.45) is 0 Å². The number of ether oxygens (including phenoxy) is 3. The number of methoxy groups -OCH3 is 2. The summed E-state index contributed by atoms with van der Waals surface area (Å²) >= 11 is 0. The first kappa shape index (κ1) is 19.0. The molecule has 1 saturated heterocycles. The zero-order valence-electron chi connectivity index (χ0n) is 16.5. The molecule has 0 atom stereocenters. The Labute approximate surface area is 169 Å². The molecule has 1 fully saturated rings. The quantitative estimate of drug-likeness (QED) is 0.662. The number of hydrogen-bond donors (Lipinski definition) is 0. The van der Waals surface area contributed by atoms with Gasteiger partial charge in [0.1, 0.15) is 17.6 Å². The van der Waals surface area contributed by atoms with Gasteiger partial charge in [-0.2, -0.15) is 5.10 Å². The molecule has 29 heavy (non-hydrogen) atoms. The molecule has 2 heterocycles. The number of nitrogens with zero attached hydrogens (tertiary/aromatic N) is 3. The Morgan fingerprint density at radius 1 is 1.03 bits per heavy atom. The molecule has 2 aromatic carbocycles. The maximum absolute atomic E-state index is 12.9. The minimum atomic E-state index is -0.0365. The van der Waals surface area contributed by atoms with E-state index in [1.54, 1.807) is 38.6 Å². The zero-order valence-corrected chi connectivity index (χ0v) is 16.5. The third-order valence-corrected chi connectivity index (χ3v) is 5.14. The zero-order chi connectivity index (χ0) is 20.2. The van der Waals surface area contributed by atoms with E-state index in [1.165, 1.54) is 0 Å². The van der Waals surface area contributed by atoms with Crippen LogP contribution >= 0.6 is 0 Å². The van der Waals surface area contributed by atoms with Crippen molar-refractivity contribution < 1.29 is 19.0 Å². The molecule has 1 aliphatic rings. The van der Waals surface area contributed by atoms with E-state index in [9.17, 15) is 4.79 Å². The van der Waals surface area contributed by atoms with E-state index >= 15 is 0 Å². The summed E-state index contributed by atoms with van der Waals surface area (Å²) in [6, 6.07) is 13.1. The van der Waals surface area contributed by atoms with E-state index in [1.807, 2.05) is 29.2 Å². The predicted molar refractivity (Wildman–Crippen MR) is 109 cm³/mol. The topological polar surface area (TPSA) is 73.8 Å². The van der Waals surface area contributed by atoms with Gasteiger partial charge in [0.25, 0.3) is 5.91 Å². The molecule has 1 aliphatic heterocycles. The maximum atomic E-state index is 12.9. The molecule has 0 spiro atoms. The molecule has 0 aliphatic carbocycles. The van der Waals surface area contributed by atoms with Crippen LogP contribution in [0, 0.1) is 0 Å². The van der Waals surface area contributed by atoms with Crippen LogP contribution in [0.4, 0.5) is 0 Å². The molecule has 7 heteroatoms. The summed E-state index contributed by atoms with van der Waals surface area (Å²) in [7, 11) is 3.14. The number of fused-ring (bicyclic) bond motifs is 1. The van der Waals surface area contributed by atoms with Crippen LogP contribution in [0.3, 0.4) is 0 Å². The molecule has 0 N–H and O–H groups in total. The lowest BCUT2D eigenvalue weighted by atomic mass is 10.1. The van der Waals surface area contributed by atoms with Gasteiger partial charge in [-0.25, -0.2) is 0 Å². The van der Waals surface area contributed by atoms with E-state index in [-0.39, 0.29) is 12.0 Å². The Morgan fingerprint density at radius 2 is 1.72 bits per heavy atom. The first-order valence-corrected chi connectivity index (χ1v) is 9.57. The lowest BCUT2D eigenvalue weighted by Crippen LogP contribution is -2.41. The summed E-state index contributed by atoms with van der Waals surface area (Å²) in [5.41, 5.74) is 0.556. The second-order valence-electron chi connectivity index (χ2n) is 6.95.